The molecule has 0 aromatic heterocycles. The number of phosphoric ester groups is 1. The first-order valence-corrected chi connectivity index (χ1v) is 7.67. The van der Waals surface area contributed by atoms with Gasteiger partial charge < -0.3 is 18.9 Å². The van der Waals surface area contributed by atoms with Gasteiger partial charge in [-0.15, -0.1) is 0 Å². The smallest absolute Gasteiger partial charge is 0.780 e. The van der Waals surface area contributed by atoms with Crippen LogP contribution in [0.15, 0.2) is 24.3 Å². The maximum atomic E-state index is 10.5. The van der Waals surface area contributed by atoms with Gasteiger partial charge in [-0.25, -0.2) is 0 Å². The standard InChI is InChI=1S/C14H23O4P.Mg/c1-13(2,3)10-14(4,5)11-6-8-12(9-7-11)18-19(15,16)17;/h6-9H,10H2,1-5H3,(H2,15,16,17);/q;+2/p-2. The fraction of sp³-hybridized carbons (Fsp3) is 0.571. The number of hydrogen-bond donors (Lipinski definition) is 0. The van der Waals surface area contributed by atoms with Crippen molar-refractivity contribution in [1.29, 1.82) is 0 Å². The van der Waals surface area contributed by atoms with Crippen LogP contribution in [0.5, 0.6) is 5.75 Å². The molecule has 0 saturated carbocycles. The van der Waals surface area contributed by atoms with Crippen molar-refractivity contribution in [2.75, 3.05) is 0 Å². The van der Waals surface area contributed by atoms with E-state index >= 15 is 0 Å². The van der Waals surface area contributed by atoms with Crippen LogP contribution in [0.3, 0.4) is 0 Å². The topological polar surface area (TPSA) is 72.4 Å². The number of hydrogen-bond acceptors (Lipinski definition) is 4. The zero-order chi connectivity index (χ0) is 14.9. The summed E-state index contributed by atoms with van der Waals surface area (Å²) in [4.78, 5) is 21.0. The van der Waals surface area contributed by atoms with Crippen LogP contribution in [-0.2, 0) is 9.98 Å². The van der Waals surface area contributed by atoms with Crippen molar-refractivity contribution in [2.45, 2.75) is 46.5 Å². The molecule has 6 heteroatoms. The molecule has 20 heavy (non-hydrogen) atoms. The molecular formula is C14H21MgO4P. The van der Waals surface area contributed by atoms with E-state index in [0.717, 1.165) is 12.0 Å². The molecule has 0 unspecified atom stereocenters. The van der Waals surface area contributed by atoms with Crippen molar-refractivity contribution in [1.82, 2.24) is 0 Å². The number of benzene rings is 1. The first kappa shape index (κ1) is 19.9. The molecular weight excluding hydrogens is 287 g/mol. The van der Waals surface area contributed by atoms with Crippen LogP contribution >= 0.6 is 7.82 Å². The van der Waals surface area contributed by atoms with Gasteiger partial charge in [-0.2, -0.15) is 0 Å². The molecule has 4 nitrogen and oxygen atoms in total. The monoisotopic (exact) mass is 308 g/mol. The van der Waals surface area contributed by atoms with Crippen molar-refractivity contribution in [2.24, 2.45) is 5.41 Å². The Bertz CT molecular complexity index is 471. The fourth-order valence-corrected chi connectivity index (χ4v) is 2.90. The van der Waals surface area contributed by atoms with Gasteiger partial charge >= 0.3 is 23.1 Å². The van der Waals surface area contributed by atoms with Crippen molar-refractivity contribution >= 4 is 30.9 Å². The van der Waals surface area contributed by atoms with Crippen molar-refractivity contribution in [3.8, 4) is 5.75 Å². The zero-order valence-corrected chi connectivity index (χ0v) is 15.1. The molecule has 0 radical (unpaired) electrons. The van der Waals surface area contributed by atoms with Gasteiger partial charge in [-0.05, 0) is 34.9 Å². The van der Waals surface area contributed by atoms with Gasteiger partial charge in [0.2, 0.25) is 0 Å². The summed E-state index contributed by atoms with van der Waals surface area (Å²) in [6.45, 7) is 10.8. The van der Waals surface area contributed by atoms with Crippen LogP contribution in [0.1, 0.15) is 46.6 Å². The van der Waals surface area contributed by atoms with Crippen LogP contribution in [-0.4, -0.2) is 23.1 Å². The minimum atomic E-state index is -4.98. The molecule has 1 aromatic carbocycles. The Balaban J connectivity index is 0.00000361. The van der Waals surface area contributed by atoms with E-state index in [9.17, 15) is 14.4 Å². The molecule has 0 fully saturated rings. The quantitative estimate of drug-likeness (QED) is 0.631. The Kier molecular flexibility index (Phi) is 6.78. The van der Waals surface area contributed by atoms with Gasteiger partial charge in [0.15, 0.2) is 0 Å². The van der Waals surface area contributed by atoms with E-state index < -0.39 is 7.82 Å². The molecule has 0 spiro atoms. The van der Waals surface area contributed by atoms with Gasteiger partial charge in [0.25, 0.3) is 0 Å². The largest absolute Gasteiger partial charge is 2.00 e. The fourth-order valence-electron chi connectivity index (χ4n) is 2.52. The van der Waals surface area contributed by atoms with Crippen molar-refractivity contribution < 1.29 is 18.9 Å². The van der Waals surface area contributed by atoms with E-state index in [2.05, 4.69) is 39.1 Å². The van der Waals surface area contributed by atoms with Crippen LogP contribution < -0.4 is 14.3 Å². The van der Waals surface area contributed by atoms with Gasteiger partial charge in [0, 0.05) is 0 Å². The average Bonchev–Trinajstić information content (AvgIpc) is 2.11. The normalized spacial score (nSPS) is 12.8. The summed E-state index contributed by atoms with van der Waals surface area (Å²) in [7, 11) is -4.98. The van der Waals surface area contributed by atoms with Crippen LogP contribution in [0.4, 0.5) is 0 Å². The third-order valence-electron chi connectivity index (χ3n) is 2.83. The van der Waals surface area contributed by atoms with Gasteiger partial charge in [-0.3, -0.25) is 0 Å². The van der Waals surface area contributed by atoms with E-state index in [-0.39, 0.29) is 39.6 Å². The molecule has 0 aliphatic carbocycles. The molecule has 0 bridgehead atoms. The minimum Gasteiger partial charge on any atom is -0.780 e. The summed E-state index contributed by atoms with van der Waals surface area (Å²) < 4.78 is 14.8. The second-order valence-corrected chi connectivity index (χ2v) is 7.76. The summed E-state index contributed by atoms with van der Waals surface area (Å²) in [6.07, 6.45) is 0.988. The van der Waals surface area contributed by atoms with Gasteiger partial charge in [0.05, 0.1) is 0 Å². The molecule has 0 N–H and O–H groups in total. The Morgan fingerprint density at radius 3 is 1.85 bits per heavy atom. The molecule has 0 atom stereocenters. The summed E-state index contributed by atoms with van der Waals surface area (Å²) >= 11 is 0. The summed E-state index contributed by atoms with van der Waals surface area (Å²) in [6, 6.07) is 6.64. The van der Waals surface area contributed by atoms with E-state index in [1.54, 1.807) is 12.1 Å². The summed E-state index contributed by atoms with van der Waals surface area (Å²) in [5.74, 6) is 0.0589. The Labute approximate surface area is 137 Å². The second-order valence-electron chi connectivity index (χ2n) is 6.68. The molecule has 0 saturated heterocycles. The molecule has 0 aliphatic rings. The van der Waals surface area contributed by atoms with Gasteiger partial charge in [-0.1, -0.05) is 46.8 Å². The SMILES string of the molecule is CC(C)(C)CC(C)(C)c1ccc(OP(=O)([O-])[O-])cc1.[Mg+2]. The van der Waals surface area contributed by atoms with Crippen LogP contribution in [0.2, 0.25) is 0 Å². The Morgan fingerprint density at radius 2 is 1.50 bits per heavy atom. The maximum absolute atomic E-state index is 10.5. The third-order valence-corrected chi connectivity index (χ3v) is 3.26. The number of rotatable bonds is 4. The van der Waals surface area contributed by atoms with E-state index in [1.165, 1.54) is 12.1 Å². The zero-order valence-electron chi connectivity index (χ0n) is 12.8. The molecule has 108 valence electrons. The molecule has 1 aromatic rings. The Morgan fingerprint density at radius 1 is 1.05 bits per heavy atom. The van der Waals surface area contributed by atoms with Crippen LogP contribution in [0, 0.1) is 5.41 Å². The molecule has 0 amide bonds. The molecule has 0 aliphatic heterocycles. The third kappa shape index (κ3) is 7.09. The van der Waals surface area contributed by atoms with E-state index in [4.69, 9.17) is 0 Å². The first-order valence-electron chi connectivity index (χ1n) is 6.21. The molecule has 1 rings (SSSR count). The van der Waals surface area contributed by atoms with E-state index in [0.29, 0.717) is 0 Å². The predicted octanol–water partition coefficient (Wildman–Crippen LogP) is 2.23. The first-order chi connectivity index (χ1) is 8.39. The van der Waals surface area contributed by atoms with Crippen molar-refractivity contribution in [3.05, 3.63) is 29.8 Å². The van der Waals surface area contributed by atoms with Gasteiger partial charge in [0.1, 0.15) is 13.6 Å². The van der Waals surface area contributed by atoms with Crippen LogP contribution in [0.25, 0.3) is 0 Å². The minimum absolute atomic E-state index is 0. The average molecular weight is 309 g/mol. The summed E-state index contributed by atoms with van der Waals surface area (Å²) in [5.41, 5.74) is 1.25. The second kappa shape index (κ2) is 6.80. The predicted molar refractivity (Wildman–Crippen MR) is 77.5 cm³/mol. The summed E-state index contributed by atoms with van der Waals surface area (Å²) in [5, 5.41) is 0. The number of phosphoric acid groups is 1. The Hall–Kier alpha value is -0.0638. The maximum Gasteiger partial charge on any atom is 2.00 e. The van der Waals surface area contributed by atoms with Crippen molar-refractivity contribution in [3.63, 3.8) is 0 Å². The van der Waals surface area contributed by atoms with E-state index in [1.807, 2.05) is 0 Å². The molecule has 0 heterocycles.